The number of nitrogens with zero attached hydrogens (tertiary/aromatic N) is 3. The van der Waals surface area contributed by atoms with Crippen molar-refractivity contribution in [2.45, 2.75) is 20.4 Å². The van der Waals surface area contributed by atoms with Crippen LogP contribution in [0.25, 0.3) is 11.0 Å². The van der Waals surface area contributed by atoms with Gasteiger partial charge in [0.05, 0.1) is 22.3 Å². The SMILES string of the molecule is CCn1c(C)nc2cc(C(=O)N/N=C/c3cc(O)c(O)c(Cl)c3)ccc21. The van der Waals surface area contributed by atoms with Crippen molar-refractivity contribution in [2.24, 2.45) is 5.10 Å². The number of amides is 1. The number of nitrogens with one attached hydrogen (secondary N) is 1. The van der Waals surface area contributed by atoms with E-state index < -0.39 is 5.75 Å². The molecule has 0 saturated heterocycles. The van der Waals surface area contributed by atoms with Crippen LogP contribution in [0.4, 0.5) is 0 Å². The first-order valence-electron chi connectivity index (χ1n) is 7.92. The van der Waals surface area contributed by atoms with Crippen molar-refractivity contribution in [3.63, 3.8) is 0 Å². The van der Waals surface area contributed by atoms with E-state index in [4.69, 9.17) is 11.6 Å². The van der Waals surface area contributed by atoms with E-state index in [9.17, 15) is 15.0 Å². The second-order valence-corrected chi connectivity index (χ2v) is 6.08. The highest BCUT2D eigenvalue weighted by molar-refractivity contribution is 6.32. The minimum absolute atomic E-state index is 0.00916. The standard InChI is InChI=1S/C18H17ClN4O3/c1-3-23-10(2)21-14-8-12(4-5-15(14)23)18(26)22-20-9-11-6-13(19)17(25)16(24)7-11/h4-9,24-25H,3H2,1-2H3,(H,22,26)/b20-9+. The molecule has 0 unspecified atom stereocenters. The number of hydrogen-bond donors (Lipinski definition) is 3. The molecule has 0 radical (unpaired) electrons. The van der Waals surface area contributed by atoms with Crippen molar-refractivity contribution in [1.29, 1.82) is 0 Å². The van der Waals surface area contributed by atoms with E-state index in [1.165, 1.54) is 18.3 Å². The number of hydrazone groups is 1. The predicted octanol–water partition coefficient (Wildman–Crippen LogP) is 3.19. The van der Waals surface area contributed by atoms with Crippen LogP contribution in [0.1, 0.15) is 28.7 Å². The highest BCUT2D eigenvalue weighted by Gasteiger charge is 2.11. The Labute approximate surface area is 154 Å². The van der Waals surface area contributed by atoms with E-state index in [1.807, 2.05) is 19.9 Å². The molecule has 0 fully saturated rings. The third-order valence-electron chi connectivity index (χ3n) is 3.96. The van der Waals surface area contributed by atoms with Crippen molar-refractivity contribution in [1.82, 2.24) is 15.0 Å². The fourth-order valence-electron chi connectivity index (χ4n) is 2.70. The van der Waals surface area contributed by atoms with Gasteiger partial charge in [-0.05, 0) is 49.7 Å². The maximum absolute atomic E-state index is 12.3. The summed E-state index contributed by atoms with van der Waals surface area (Å²) in [6.07, 6.45) is 1.32. The van der Waals surface area contributed by atoms with Gasteiger partial charge in [0.15, 0.2) is 11.5 Å². The lowest BCUT2D eigenvalue weighted by Gasteiger charge is -2.03. The van der Waals surface area contributed by atoms with Gasteiger partial charge in [-0.15, -0.1) is 0 Å². The number of benzene rings is 2. The van der Waals surface area contributed by atoms with E-state index in [1.54, 1.807) is 12.1 Å². The van der Waals surface area contributed by atoms with E-state index in [0.717, 1.165) is 23.4 Å². The fourth-order valence-corrected chi connectivity index (χ4v) is 2.92. The Hall–Kier alpha value is -3.06. The molecule has 26 heavy (non-hydrogen) atoms. The van der Waals surface area contributed by atoms with E-state index in [2.05, 4.69) is 20.1 Å². The highest BCUT2D eigenvalue weighted by atomic mass is 35.5. The Balaban J connectivity index is 1.77. The quantitative estimate of drug-likeness (QED) is 0.372. The minimum Gasteiger partial charge on any atom is -0.504 e. The van der Waals surface area contributed by atoms with Gasteiger partial charge in [-0.1, -0.05) is 11.6 Å². The lowest BCUT2D eigenvalue weighted by Crippen LogP contribution is -2.17. The number of phenols is 2. The average molecular weight is 373 g/mol. The van der Waals surface area contributed by atoms with Crippen molar-refractivity contribution in [3.05, 3.63) is 52.3 Å². The van der Waals surface area contributed by atoms with Gasteiger partial charge < -0.3 is 14.8 Å². The highest BCUT2D eigenvalue weighted by Crippen LogP contribution is 2.33. The number of halogens is 1. The molecular weight excluding hydrogens is 356 g/mol. The van der Waals surface area contributed by atoms with Crippen molar-refractivity contribution < 1.29 is 15.0 Å². The molecule has 0 bridgehead atoms. The van der Waals surface area contributed by atoms with Crippen LogP contribution >= 0.6 is 11.6 Å². The van der Waals surface area contributed by atoms with Gasteiger partial charge in [-0.3, -0.25) is 4.79 Å². The molecule has 3 N–H and O–H groups in total. The number of hydrogen-bond acceptors (Lipinski definition) is 5. The molecule has 0 spiro atoms. The van der Waals surface area contributed by atoms with Crippen LogP contribution in [0.5, 0.6) is 11.5 Å². The molecule has 1 heterocycles. The summed E-state index contributed by atoms with van der Waals surface area (Å²) in [7, 11) is 0. The van der Waals surface area contributed by atoms with Gasteiger partial charge in [-0.2, -0.15) is 5.10 Å². The zero-order valence-corrected chi connectivity index (χ0v) is 14.9. The largest absolute Gasteiger partial charge is 0.504 e. The molecule has 0 aliphatic rings. The summed E-state index contributed by atoms with van der Waals surface area (Å²) in [4.78, 5) is 16.7. The zero-order chi connectivity index (χ0) is 18.8. The molecule has 0 saturated carbocycles. The Bertz CT molecular complexity index is 1000. The van der Waals surface area contributed by atoms with Crippen LogP contribution in [0.3, 0.4) is 0 Å². The molecule has 0 atom stereocenters. The molecule has 1 aromatic heterocycles. The van der Waals surface area contributed by atoms with Crippen LogP contribution < -0.4 is 5.43 Å². The molecule has 134 valence electrons. The average Bonchev–Trinajstić information content (AvgIpc) is 2.93. The molecule has 0 aliphatic carbocycles. The topological polar surface area (TPSA) is 99.7 Å². The van der Waals surface area contributed by atoms with Gasteiger partial charge in [0.25, 0.3) is 5.91 Å². The first-order chi connectivity index (χ1) is 12.4. The number of carbonyl (C=O) groups excluding carboxylic acids is 1. The second-order valence-electron chi connectivity index (χ2n) is 5.68. The number of fused-ring (bicyclic) bond motifs is 1. The Morgan fingerprint density at radius 2 is 2.12 bits per heavy atom. The summed E-state index contributed by atoms with van der Waals surface area (Å²) >= 11 is 5.77. The minimum atomic E-state index is -0.400. The van der Waals surface area contributed by atoms with E-state index >= 15 is 0 Å². The molecular formula is C18H17ClN4O3. The number of aromatic hydroxyl groups is 2. The first-order valence-corrected chi connectivity index (χ1v) is 8.30. The summed E-state index contributed by atoms with van der Waals surface area (Å²) in [6.45, 7) is 4.77. The summed E-state index contributed by atoms with van der Waals surface area (Å²) in [6, 6.07) is 7.98. The molecule has 1 amide bonds. The molecule has 8 heteroatoms. The first kappa shape index (κ1) is 17.8. The van der Waals surface area contributed by atoms with Gasteiger partial charge in [0, 0.05) is 12.1 Å². The maximum atomic E-state index is 12.3. The smallest absolute Gasteiger partial charge is 0.271 e. The molecule has 3 rings (SSSR count). The lowest BCUT2D eigenvalue weighted by molar-refractivity contribution is 0.0955. The van der Waals surface area contributed by atoms with Gasteiger partial charge in [-0.25, -0.2) is 10.4 Å². The van der Waals surface area contributed by atoms with Crippen LogP contribution in [0.15, 0.2) is 35.4 Å². The van der Waals surface area contributed by atoms with Crippen molar-refractivity contribution in [2.75, 3.05) is 0 Å². The van der Waals surface area contributed by atoms with Crippen LogP contribution in [0, 0.1) is 6.92 Å². The number of imidazole rings is 1. The Kier molecular flexibility index (Phi) is 4.81. The second kappa shape index (κ2) is 7.05. The van der Waals surface area contributed by atoms with Crippen LogP contribution in [-0.4, -0.2) is 31.9 Å². The fraction of sp³-hybridized carbons (Fsp3) is 0.167. The molecule has 2 aromatic carbocycles. The van der Waals surface area contributed by atoms with E-state index in [-0.39, 0.29) is 16.7 Å². The van der Waals surface area contributed by atoms with Crippen LogP contribution in [0.2, 0.25) is 5.02 Å². The predicted molar refractivity (Wildman–Crippen MR) is 100.0 cm³/mol. The van der Waals surface area contributed by atoms with Crippen molar-refractivity contribution >= 4 is 34.8 Å². The van der Waals surface area contributed by atoms with Gasteiger partial charge >= 0.3 is 0 Å². The van der Waals surface area contributed by atoms with Crippen molar-refractivity contribution in [3.8, 4) is 11.5 Å². The summed E-state index contributed by atoms with van der Waals surface area (Å²) in [5.41, 5.74) is 4.99. The number of aromatic nitrogens is 2. The lowest BCUT2D eigenvalue weighted by atomic mass is 10.2. The maximum Gasteiger partial charge on any atom is 0.271 e. The third-order valence-corrected chi connectivity index (χ3v) is 4.25. The number of aryl methyl sites for hydroxylation is 2. The number of rotatable bonds is 4. The Morgan fingerprint density at radius 1 is 1.35 bits per heavy atom. The molecule has 7 nitrogen and oxygen atoms in total. The van der Waals surface area contributed by atoms with Gasteiger partial charge in [0.2, 0.25) is 0 Å². The monoisotopic (exact) mass is 372 g/mol. The molecule has 0 aliphatic heterocycles. The van der Waals surface area contributed by atoms with E-state index in [0.29, 0.717) is 11.1 Å². The van der Waals surface area contributed by atoms with Gasteiger partial charge in [0.1, 0.15) is 5.82 Å². The summed E-state index contributed by atoms with van der Waals surface area (Å²) < 4.78 is 2.07. The molecule has 3 aromatic rings. The Morgan fingerprint density at radius 3 is 2.81 bits per heavy atom. The summed E-state index contributed by atoms with van der Waals surface area (Å²) in [5.74, 6) is -0.261. The van der Waals surface area contributed by atoms with Crippen LogP contribution in [-0.2, 0) is 6.54 Å². The number of phenolic OH excluding ortho intramolecular Hbond substituents is 2. The normalized spacial score (nSPS) is 11.3. The third kappa shape index (κ3) is 3.34. The number of carbonyl (C=O) groups is 1. The zero-order valence-electron chi connectivity index (χ0n) is 14.2. The summed E-state index contributed by atoms with van der Waals surface area (Å²) in [5, 5.41) is 22.8.